The lowest BCUT2D eigenvalue weighted by molar-refractivity contribution is 0.477. The molecule has 2 rings (SSSR count). The molecule has 2 heterocycles. The van der Waals surface area contributed by atoms with Crippen LogP contribution in [0.15, 0.2) is 0 Å². The fraction of sp³-hybridized carbons (Fsp3) is 0.733. The van der Waals surface area contributed by atoms with Crippen LogP contribution < -0.4 is 10.6 Å². The van der Waals surface area contributed by atoms with Gasteiger partial charge in [-0.25, -0.2) is 9.97 Å². The van der Waals surface area contributed by atoms with E-state index in [2.05, 4.69) is 43.3 Å². The quantitative estimate of drug-likeness (QED) is 0.876. The minimum atomic E-state index is 0.373. The van der Waals surface area contributed by atoms with Crippen molar-refractivity contribution in [3.8, 4) is 0 Å². The number of aromatic nitrogens is 2. The first-order valence-corrected chi connectivity index (χ1v) is 7.46. The molecule has 1 aromatic heterocycles. The molecule has 1 fully saturated rings. The van der Waals surface area contributed by atoms with Crippen LogP contribution in [-0.2, 0) is 6.42 Å². The third-order valence-corrected chi connectivity index (χ3v) is 3.78. The van der Waals surface area contributed by atoms with E-state index in [0.29, 0.717) is 12.0 Å². The predicted octanol–water partition coefficient (Wildman–Crippen LogP) is 2.63. The molecule has 0 aromatic carbocycles. The molecular weight excluding hydrogens is 236 g/mol. The molecular formula is C15H26N4. The second kappa shape index (κ2) is 6.33. The van der Waals surface area contributed by atoms with E-state index in [0.717, 1.165) is 36.8 Å². The Morgan fingerprint density at radius 3 is 2.53 bits per heavy atom. The van der Waals surface area contributed by atoms with Crippen LogP contribution in [0.1, 0.15) is 56.6 Å². The third kappa shape index (κ3) is 3.44. The number of aryl methyl sites for hydroxylation is 1. The number of hydrogen-bond donors (Lipinski definition) is 2. The molecule has 0 unspecified atom stereocenters. The summed E-state index contributed by atoms with van der Waals surface area (Å²) in [6.45, 7) is 10.8. The Balaban J connectivity index is 2.25. The van der Waals surface area contributed by atoms with Gasteiger partial charge in [0.1, 0.15) is 11.6 Å². The molecule has 0 saturated carbocycles. The van der Waals surface area contributed by atoms with Crippen LogP contribution in [0.5, 0.6) is 0 Å². The molecule has 0 atom stereocenters. The second-order valence-electron chi connectivity index (χ2n) is 5.67. The molecule has 1 aliphatic heterocycles. The zero-order valence-electron chi connectivity index (χ0n) is 12.6. The van der Waals surface area contributed by atoms with Crippen LogP contribution in [0.2, 0.25) is 0 Å². The lowest BCUT2D eigenvalue weighted by Gasteiger charge is -2.26. The molecule has 0 spiro atoms. The van der Waals surface area contributed by atoms with Gasteiger partial charge >= 0.3 is 0 Å². The maximum atomic E-state index is 4.76. The van der Waals surface area contributed by atoms with Crippen molar-refractivity contribution in [2.45, 2.75) is 58.9 Å². The van der Waals surface area contributed by atoms with Crippen molar-refractivity contribution in [2.75, 3.05) is 18.4 Å². The highest BCUT2D eigenvalue weighted by Crippen LogP contribution is 2.22. The predicted molar refractivity (Wildman–Crippen MR) is 79.8 cm³/mol. The average molecular weight is 262 g/mol. The van der Waals surface area contributed by atoms with E-state index in [1.807, 2.05) is 0 Å². The summed E-state index contributed by atoms with van der Waals surface area (Å²) in [5, 5.41) is 7.04. The van der Waals surface area contributed by atoms with Gasteiger partial charge in [0.2, 0.25) is 0 Å². The fourth-order valence-electron chi connectivity index (χ4n) is 2.58. The Morgan fingerprint density at radius 1 is 1.26 bits per heavy atom. The van der Waals surface area contributed by atoms with Crippen LogP contribution in [0.3, 0.4) is 0 Å². The van der Waals surface area contributed by atoms with Gasteiger partial charge in [-0.05, 0) is 39.3 Å². The van der Waals surface area contributed by atoms with Crippen molar-refractivity contribution in [1.82, 2.24) is 15.3 Å². The molecule has 106 valence electrons. The van der Waals surface area contributed by atoms with E-state index in [9.17, 15) is 0 Å². The van der Waals surface area contributed by atoms with Gasteiger partial charge in [0.25, 0.3) is 0 Å². The first-order valence-electron chi connectivity index (χ1n) is 7.46. The summed E-state index contributed by atoms with van der Waals surface area (Å²) in [5.74, 6) is 2.38. The van der Waals surface area contributed by atoms with E-state index in [1.165, 1.54) is 18.4 Å². The zero-order chi connectivity index (χ0) is 13.8. The fourth-order valence-corrected chi connectivity index (χ4v) is 2.58. The van der Waals surface area contributed by atoms with Gasteiger partial charge in [-0.3, -0.25) is 0 Å². The molecule has 19 heavy (non-hydrogen) atoms. The van der Waals surface area contributed by atoms with Gasteiger partial charge in [-0.15, -0.1) is 0 Å². The third-order valence-electron chi connectivity index (χ3n) is 3.78. The van der Waals surface area contributed by atoms with Crippen molar-refractivity contribution in [3.05, 3.63) is 17.1 Å². The first-order chi connectivity index (χ1) is 9.11. The van der Waals surface area contributed by atoms with Crippen molar-refractivity contribution in [3.63, 3.8) is 0 Å². The van der Waals surface area contributed by atoms with Gasteiger partial charge in [-0.2, -0.15) is 0 Å². The highest BCUT2D eigenvalue weighted by Gasteiger charge is 2.17. The van der Waals surface area contributed by atoms with Crippen LogP contribution in [0.4, 0.5) is 5.82 Å². The first kappa shape index (κ1) is 14.3. The van der Waals surface area contributed by atoms with Crippen molar-refractivity contribution in [1.29, 1.82) is 0 Å². The van der Waals surface area contributed by atoms with Crippen LogP contribution in [-0.4, -0.2) is 29.1 Å². The van der Waals surface area contributed by atoms with E-state index in [-0.39, 0.29) is 0 Å². The van der Waals surface area contributed by atoms with Crippen LogP contribution in [0.25, 0.3) is 0 Å². The monoisotopic (exact) mass is 262 g/mol. The van der Waals surface area contributed by atoms with Gasteiger partial charge in [0.15, 0.2) is 0 Å². The molecule has 4 heteroatoms. The Labute approximate surface area is 116 Å². The van der Waals surface area contributed by atoms with Crippen molar-refractivity contribution in [2.24, 2.45) is 0 Å². The molecule has 0 aliphatic carbocycles. The Bertz CT molecular complexity index is 422. The molecule has 2 N–H and O–H groups in total. The summed E-state index contributed by atoms with van der Waals surface area (Å²) in [4.78, 5) is 9.39. The number of nitrogens with one attached hydrogen (secondary N) is 2. The minimum Gasteiger partial charge on any atom is -0.367 e. The van der Waals surface area contributed by atoms with E-state index >= 15 is 0 Å². The maximum absolute atomic E-state index is 4.76. The van der Waals surface area contributed by atoms with Crippen LogP contribution in [0, 0.1) is 6.92 Å². The Morgan fingerprint density at radius 2 is 1.95 bits per heavy atom. The van der Waals surface area contributed by atoms with Gasteiger partial charge in [0.05, 0.1) is 0 Å². The SMILES string of the molecule is CCc1c(C)nc(C(C)C)nc1NC1CCNCC1. The summed E-state index contributed by atoms with van der Waals surface area (Å²) in [7, 11) is 0. The maximum Gasteiger partial charge on any atom is 0.133 e. The normalized spacial score (nSPS) is 16.9. The van der Waals surface area contributed by atoms with Crippen molar-refractivity contribution >= 4 is 5.82 Å². The second-order valence-corrected chi connectivity index (χ2v) is 5.67. The van der Waals surface area contributed by atoms with Gasteiger partial charge < -0.3 is 10.6 Å². The molecule has 1 aliphatic rings. The summed E-state index contributed by atoms with van der Waals surface area (Å²) in [6, 6.07) is 0.542. The number of nitrogens with zero attached hydrogens (tertiary/aromatic N) is 2. The van der Waals surface area contributed by atoms with Gasteiger partial charge in [0, 0.05) is 23.2 Å². The molecule has 1 saturated heterocycles. The lowest BCUT2D eigenvalue weighted by atomic mass is 10.1. The van der Waals surface area contributed by atoms with Gasteiger partial charge in [-0.1, -0.05) is 20.8 Å². The molecule has 0 bridgehead atoms. The molecule has 4 nitrogen and oxygen atoms in total. The van der Waals surface area contributed by atoms with Crippen LogP contribution >= 0.6 is 0 Å². The zero-order valence-corrected chi connectivity index (χ0v) is 12.6. The molecule has 0 amide bonds. The average Bonchev–Trinajstić information content (AvgIpc) is 2.39. The van der Waals surface area contributed by atoms with E-state index in [1.54, 1.807) is 0 Å². The van der Waals surface area contributed by atoms with E-state index in [4.69, 9.17) is 4.98 Å². The summed E-state index contributed by atoms with van der Waals surface area (Å²) in [5.41, 5.74) is 2.39. The largest absolute Gasteiger partial charge is 0.367 e. The Hall–Kier alpha value is -1.16. The standard InChI is InChI=1S/C15H26N4/c1-5-13-11(4)17-14(10(2)3)19-15(13)18-12-6-8-16-9-7-12/h10,12,16H,5-9H2,1-4H3,(H,17,18,19). The molecule has 1 aromatic rings. The highest BCUT2D eigenvalue weighted by molar-refractivity contribution is 5.47. The molecule has 0 radical (unpaired) electrons. The lowest BCUT2D eigenvalue weighted by Crippen LogP contribution is -2.36. The summed E-state index contributed by atoms with van der Waals surface area (Å²) in [6.07, 6.45) is 3.32. The topological polar surface area (TPSA) is 49.8 Å². The minimum absolute atomic E-state index is 0.373. The highest BCUT2D eigenvalue weighted by atomic mass is 15.1. The Kier molecular flexibility index (Phi) is 4.75. The number of piperidine rings is 1. The number of anilines is 1. The number of hydrogen-bond acceptors (Lipinski definition) is 4. The van der Waals surface area contributed by atoms with E-state index < -0.39 is 0 Å². The smallest absolute Gasteiger partial charge is 0.133 e. The number of rotatable bonds is 4. The summed E-state index contributed by atoms with van der Waals surface area (Å²) < 4.78 is 0. The summed E-state index contributed by atoms with van der Waals surface area (Å²) >= 11 is 0. The van der Waals surface area contributed by atoms with Crippen molar-refractivity contribution < 1.29 is 0 Å².